The van der Waals surface area contributed by atoms with E-state index < -0.39 is 0 Å². The first kappa shape index (κ1) is 13.9. The van der Waals surface area contributed by atoms with Crippen LogP contribution in [0.4, 0.5) is 5.82 Å². The molecule has 0 amide bonds. The van der Waals surface area contributed by atoms with Gasteiger partial charge in [-0.1, -0.05) is 30.3 Å². The first-order valence-corrected chi connectivity index (χ1v) is 8.03. The summed E-state index contributed by atoms with van der Waals surface area (Å²) in [5.41, 5.74) is 3.22. The van der Waals surface area contributed by atoms with Gasteiger partial charge in [-0.2, -0.15) is 5.10 Å². The number of benzene rings is 1. The highest BCUT2D eigenvalue weighted by Gasteiger charge is 2.23. The Morgan fingerprint density at radius 2 is 1.91 bits per heavy atom. The molecule has 1 N–H and O–H groups in total. The van der Waals surface area contributed by atoms with E-state index in [9.17, 15) is 0 Å². The fraction of sp³-hybridized carbons (Fsp3) is 0.278. The molecular formula is C18H19N5. The van der Waals surface area contributed by atoms with Crippen molar-refractivity contribution in [3.63, 3.8) is 0 Å². The number of rotatable bonds is 3. The Labute approximate surface area is 135 Å². The summed E-state index contributed by atoms with van der Waals surface area (Å²) in [6.07, 6.45) is 4.17. The van der Waals surface area contributed by atoms with E-state index in [-0.39, 0.29) is 0 Å². The molecular weight excluding hydrogens is 286 g/mol. The number of hydrogen-bond donors (Lipinski definition) is 1. The Morgan fingerprint density at radius 3 is 2.65 bits per heavy atom. The molecule has 0 saturated carbocycles. The number of H-pyrrole nitrogens is 1. The highest BCUT2D eigenvalue weighted by atomic mass is 15.3. The predicted molar refractivity (Wildman–Crippen MR) is 90.2 cm³/mol. The van der Waals surface area contributed by atoms with Gasteiger partial charge in [-0.3, -0.25) is 5.10 Å². The molecule has 5 nitrogen and oxygen atoms in total. The van der Waals surface area contributed by atoms with Crippen molar-refractivity contribution in [2.75, 3.05) is 18.0 Å². The number of hydrogen-bond acceptors (Lipinski definition) is 4. The molecule has 5 heteroatoms. The quantitative estimate of drug-likeness (QED) is 0.807. The molecule has 1 aliphatic rings. The summed E-state index contributed by atoms with van der Waals surface area (Å²) in [5.74, 6) is 1.44. The summed E-state index contributed by atoms with van der Waals surface area (Å²) >= 11 is 0. The summed E-state index contributed by atoms with van der Waals surface area (Å²) in [5, 5.41) is 16.0. The minimum Gasteiger partial charge on any atom is -0.354 e. The van der Waals surface area contributed by atoms with Crippen molar-refractivity contribution in [3.05, 3.63) is 60.4 Å². The monoisotopic (exact) mass is 305 g/mol. The zero-order valence-corrected chi connectivity index (χ0v) is 12.9. The van der Waals surface area contributed by atoms with Gasteiger partial charge in [0, 0.05) is 36.5 Å². The average molecular weight is 305 g/mol. The molecule has 0 bridgehead atoms. The lowest BCUT2D eigenvalue weighted by Gasteiger charge is -2.32. The van der Waals surface area contributed by atoms with Crippen molar-refractivity contribution in [2.24, 2.45) is 0 Å². The molecule has 4 rings (SSSR count). The maximum Gasteiger partial charge on any atom is 0.151 e. The molecule has 116 valence electrons. The number of aromatic nitrogens is 4. The Hall–Kier alpha value is -2.69. The highest BCUT2D eigenvalue weighted by molar-refractivity contribution is 5.59. The summed E-state index contributed by atoms with van der Waals surface area (Å²) in [7, 11) is 0. The molecule has 2 aromatic heterocycles. The third kappa shape index (κ3) is 2.95. The Morgan fingerprint density at radius 1 is 1.00 bits per heavy atom. The van der Waals surface area contributed by atoms with E-state index in [2.05, 4.69) is 55.6 Å². The van der Waals surface area contributed by atoms with Crippen LogP contribution in [0.1, 0.15) is 24.5 Å². The van der Waals surface area contributed by atoms with Gasteiger partial charge in [-0.25, -0.2) is 0 Å². The number of piperidine rings is 1. The second-order valence-electron chi connectivity index (χ2n) is 5.94. The third-order valence-corrected chi connectivity index (χ3v) is 4.43. The molecule has 1 atom stereocenters. The van der Waals surface area contributed by atoms with E-state index in [1.54, 1.807) is 0 Å². The standard InChI is InChI=1S/C18H19N5/c1-2-5-14(6-3-1)16-8-9-18(22-21-16)23-12-4-7-15(13-23)17-10-11-19-20-17/h1-3,5-6,8-11,15H,4,7,12-13H2,(H,19,20). The number of nitrogens with zero attached hydrogens (tertiary/aromatic N) is 4. The average Bonchev–Trinajstić information content (AvgIpc) is 3.18. The molecule has 3 heterocycles. The lowest BCUT2D eigenvalue weighted by molar-refractivity contribution is 0.497. The second kappa shape index (κ2) is 6.20. The fourth-order valence-electron chi connectivity index (χ4n) is 3.19. The molecule has 23 heavy (non-hydrogen) atoms. The van der Waals surface area contributed by atoms with Gasteiger partial charge in [0.15, 0.2) is 5.82 Å². The Bertz CT molecular complexity index is 737. The summed E-state index contributed by atoms with van der Waals surface area (Å²) < 4.78 is 0. The second-order valence-corrected chi connectivity index (χ2v) is 5.94. The first-order valence-electron chi connectivity index (χ1n) is 8.03. The normalized spacial score (nSPS) is 18.1. The molecule has 1 unspecified atom stereocenters. The maximum atomic E-state index is 4.44. The molecule has 1 aromatic carbocycles. The van der Waals surface area contributed by atoms with Crippen LogP contribution in [-0.4, -0.2) is 33.5 Å². The van der Waals surface area contributed by atoms with Gasteiger partial charge < -0.3 is 4.90 Å². The van der Waals surface area contributed by atoms with E-state index >= 15 is 0 Å². The van der Waals surface area contributed by atoms with Crippen molar-refractivity contribution in [2.45, 2.75) is 18.8 Å². The Kier molecular flexibility index (Phi) is 3.76. The molecule has 0 aliphatic carbocycles. The van der Waals surface area contributed by atoms with Crippen molar-refractivity contribution in [3.8, 4) is 11.3 Å². The number of anilines is 1. The van der Waals surface area contributed by atoms with Gasteiger partial charge in [-0.05, 0) is 31.0 Å². The molecule has 0 spiro atoms. The largest absolute Gasteiger partial charge is 0.354 e. The summed E-state index contributed by atoms with van der Waals surface area (Å²) in [6.45, 7) is 1.99. The van der Waals surface area contributed by atoms with Gasteiger partial charge >= 0.3 is 0 Å². The van der Waals surface area contributed by atoms with E-state index in [0.29, 0.717) is 5.92 Å². The smallest absolute Gasteiger partial charge is 0.151 e. The highest BCUT2D eigenvalue weighted by Crippen LogP contribution is 2.28. The van der Waals surface area contributed by atoms with Crippen LogP contribution in [0.5, 0.6) is 0 Å². The molecule has 1 saturated heterocycles. The van der Waals surface area contributed by atoms with E-state index in [0.717, 1.165) is 36.6 Å². The van der Waals surface area contributed by atoms with Crippen LogP contribution < -0.4 is 4.90 Å². The van der Waals surface area contributed by atoms with Crippen LogP contribution in [-0.2, 0) is 0 Å². The first-order chi connectivity index (χ1) is 11.4. The Balaban J connectivity index is 1.51. The van der Waals surface area contributed by atoms with Crippen LogP contribution in [0.15, 0.2) is 54.7 Å². The molecule has 3 aromatic rings. The fourth-order valence-corrected chi connectivity index (χ4v) is 3.19. The minimum absolute atomic E-state index is 0.488. The van der Waals surface area contributed by atoms with Crippen molar-refractivity contribution in [1.29, 1.82) is 0 Å². The lowest BCUT2D eigenvalue weighted by atomic mass is 9.95. The lowest BCUT2D eigenvalue weighted by Crippen LogP contribution is -2.35. The third-order valence-electron chi connectivity index (χ3n) is 4.43. The number of nitrogens with one attached hydrogen (secondary N) is 1. The molecule has 1 fully saturated rings. The molecule has 1 aliphatic heterocycles. The molecule has 0 radical (unpaired) electrons. The van der Waals surface area contributed by atoms with Crippen LogP contribution >= 0.6 is 0 Å². The SMILES string of the molecule is c1ccc(-c2ccc(N3CCCC(c4ccn[nH]4)C3)nn2)cc1. The summed E-state index contributed by atoms with van der Waals surface area (Å²) in [6, 6.07) is 16.3. The van der Waals surface area contributed by atoms with Crippen LogP contribution in [0.25, 0.3) is 11.3 Å². The van der Waals surface area contributed by atoms with Crippen LogP contribution in [0.3, 0.4) is 0 Å². The zero-order valence-electron chi connectivity index (χ0n) is 12.9. The van der Waals surface area contributed by atoms with Crippen molar-refractivity contribution in [1.82, 2.24) is 20.4 Å². The topological polar surface area (TPSA) is 57.7 Å². The predicted octanol–water partition coefficient (Wildman–Crippen LogP) is 3.25. The van der Waals surface area contributed by atoms with E-state index in [4.69, 9.17) is 0 Å². The van der Waals surface area contributed by atoms with Gasteiger partial charge in [-0.15, -0.1) is 10.2 Å². The van der Waals surface area contributed by atoms with Gasteiger partial charge in [0.05, 0.1) is 5.69 Å². The van der Waals surface area contributed by atoms with Gasteiger partial charge in [0.1, 0.15) is 0 Å². The van der Waals surface area contributed by atoms with E-state index in [1.807, 2.05) is 24.4 Å². The zero-order chi connectivity index (χ0) is 15.5. The van der Waals surface area contributed by atoms with E-state index in [1.165, 1.54) is 12.1 Å². The summed E-state index contributed by atoms with van der Waals surface area (Å²) in [4.78, 5) is 2.32. The number of aromatic amines is 1. The van der Waals surface area contributed by atoms with Crippen LogP contribution in [0, 0.1) is 0 Å². The van der Waals surface area contributed by atoms with Crippen molar-refractivity contribution >= 4 is 5.82 Å². The minimum atomic E-state index is 0.488. The van der Waals surface area contributed by atoms with Crippen LogP contribution in [0.2, 0.25) is 0 Å². The van der Waals surface area contributed by atoms with Crippen molar-refractivity contribution < 1.29 is 0 Å². The maximum absolute atomic E-state index is 4.44. The van der Waals surface area contributed by atoms with Gasteiger partial charge in [0.25, 0.3) is 0 Å². The van der Waals surface area contributed by atoms with Gasteiger partial charge in [0.2, 0.25) is 0 Å².